The summed E-state index contributed by atoms with van der Waals surface area (Å²) >= 11 is 1.73. The molecular weight excluding hydrogens is 352 g/mol. The second-order valence-electron chi connectivity index (χ2n) is 9.07. The Morgan fingerprint density at radius 1 is 1.15 bits per heavy atom. The fourth-order valence-corrected chi connectivity index (χ4v) is 7.12. The predicted octanol–water partition coefficient (Wildman–Crippen LogP) is 5.75. The summed E-state index contributed by atoms with van der Waals surface area (Å²) in [5.74, 6) is 2.22. The Hall–Kier alpha value is -1.58. The summed E-state index contributed by atoms with van der Waals surface area (Å²) in [6.45, 7) is 2.34. The van der Waals surface area contributed by atoms with Gasteiger partial charge in [0.25, 0.3) is 0 Å². The highest BCUT2D eigenvalue weighted by molar-refractivity contribution is 7.10. The fourth-order valence-electron chi connectivity index (χ4n) is 6.50. The molecule has 0 spiro atoms. The van der Waals surface area contributed by atoms with Crippen LogP contribution in [-0.2, 0) is 6.42 Å². The molecule has 1 heterocycles. The normalized spacial score (nSPS) is 37.8. The summed E-state index contributed by atoms with van der Waals surface area (Å²) in [6.07, 6.45) is 10.7. The van der Waals surface area contributed by atoms with Crippen molar-refractivity contribution in [3.8, 4) is 5.75 Å². The maximum absolute atomic E-state index is 11.7. The largest absolute Gasteiger partial charge is 0.508 e. The molecule has 0 aliphatic heterocycles. The molecule has 0 radical (unpaired) electrons. The zero-order chi connectivity index (χ0) is 18.6. The van der Waals surface area contributed by atoms with Crippen molar-refractivity contribution in [3.63, 3.8) is 0 Å². The third-order valence-electron chi connectivity index (χ3n) is 7.99. The lowest BCUT2D eigenvalue weighted by molar-refractivity contribution is -0.0704. The SMILES string of the molecule is CC12CCC3c4ccc(O)cc4CCC3C1CC[C@@]2(O)C=Cc1cccs1. The first-order valence-electron chi connectivity index (χ1n) is 10.3. The third kappa shape index (κ3) is 2.62. The minimum Gasteiger partial charge on any atom is -0.508 e. The number of phenolic OH excluding ortho intramolecular Hbond substituents is 1. The summed E-state index contributed by atoms with van der Waals surface area (Å²) in [4.78, 5) is 1.22. The zero-order valence-electron chi connectivity index (χ0n) is 15.9. The van der Waals surface area contributed by atoms with E-state index in [1.54, 1.807) is 11.3 Å². The maximum atomic E-state index is 11.7. The smallest absolute Gasteiger partial charge is 0.115 e. The second-order valence-corrected chi connectivity index (χ2v) is 10.0. The average molecular weight is 381 g/mol. The van der Waals surface area contributed by atoms with Crippen LogP contribution in [0.15, 0.2) is 41.8 Å². The van der Waals surface area contributed by atoms with Crippen molar-refractivity contribution < 1.29 is 10.2 Å². The molecule has 4 unspecified atom stereocenters. The molecule has 3 aliphatic rings. The predicted molar refractivity (Wildman–Crippen MR) is 111 cm³/mol. The number of fused-ring (bicyclic) bond motifs is 5. The molecule has 2 saturated carbocycles. The minimum absolute atomic E-state index is 0.0314. The van der Waals surface area contributed by atoms with Gasteiger partial charge in [0.1, 0.15) is 5.75 Å². The Labute approximate surface area is 165 Å². The Morgan fingerprint density at radius 2 is 2.04 bits per heavy atom. The van der Waals surface area contributed by atoms with Gasteiger partial charge >= 0.3 is 0 Å². The molecule has 0 saturated heterocycles. The van der Waals surface area contributed by atoms with Gasteiger partial charge in [-0.25, -0.2) is 0 Å². The van der Waals surface area contributed by atoms with E-state index in [9.17, 15) is 10.2 Å². The van der Waals surface area contributed by atoms with Crippen molar-refractivity contribution >= 4 is 17.4 Å². The Kier molecular flexibility index (Phi) is 4.03. The number of rotatable bonds is 2. The monoisotopic (exact) mass is 380 g/mol. The number of benzene rings is 1. The maximum Gasteiger partial charge on any atom is 0.115 e. The molecule has 2 nitrogen and oxygen atoms in total. The number of phenols is 1. The standard InChI is InChI=1S/C24H28O2S/c1-23-11-9-20-19-7-5-17(25)15-16(19)4-6-21(20)22(23)10-13-24(23,26)12-8-18-3-2-14-27-18/h2-3,5,7-8,12,14-15,20-22,25-26H,4,6,9-11,13H2,1H3/t20?,21?,22?,23?,24-/m0/s1. The number of hydrogen-bond donors (Lipinski definition) is 2. The Balaban J connectivity index is 1.45. The molecule has 3 heteroatoms. The lowest BCUT2D eigenvalue weighted by Gasteiger charge is -2.52. The minimum atomic E-state index is -0.693. The highest BCUT2D eigenvalue weighted by atomic mass is 32.1. The van der Waals surface area contributed by atoms with E-state index in [0.29, 0.717) is 23.5 Å². The molecule has 27 heavy (non-hydrogen) atoms. The van der Waals surface area contributed by atoms with Crippen molar-refractivity contribution in [2.75, 3.05) is 0 Å². The summed E-state index contributed by atoms with van der Waals surface area (Å²) < 4.78 is 0. The van der Waals surface area contributed by atoms with Gasteiger partial charge < -0.3 is 10.2 Å². The molecular formula is C24H28O2S. The third-order valence-corrected chi connectivity index (χ3v) is 8.83. The Bertz CT molecular complexity index is 871. The zero-order valence-corrected chi connectivity index (χ0v) is 16.7. The topological polar surface area (TPSA) is 40.5 Å². The lowest BCUT2D eigenvalue weighted by Crippen LogP contribution is -2.49. The molecule has 142 valence electrons. The fraction of sp³-hybridized carbons (Fsp3) is 0.500. The molecule has 2 fully saturated rings. The quantitative estimate of drug-likeness (QED) is 0.696. The molecule has 2 aromatic rings. The first-order chi connectivity index (χ1) is 13.0. The Morgan fingerprint density at radius 3 is 2.85 bits per heavy atom. The van der Waals surface area contributed by atoms with Crippen LogP contribution in [0.4, 0.5) is 0 Å². The van der Waals surface area contributed by atoms with Crippen LogP contribution in [0.5, 0.6) is 5.75 Å². The van der Waals surface area contributed by atoms with E-state index in [1.165, 1.54) is 22.4 Å². The molecule has 0 amide bonds. The molecule has 0 bridgehead atoms. The second kappa shape index (κ2) is 6.22. The van der Waals surface area contributed by atoms with Crippen molar-refractivity contribution in [2.45, 2.75) is 57.0 Å². The van der Waals surface area contributed by atoms with Gasteiger partial charge in [-0.2, -0.15) is 0 Å². The summed E-state index contributed by atoms with van der Waals surface area (Å²) in [5.41, 5.74) is 2.07. The first-order valence-corrected chi connectivity index (χ1v) is 11.2. The number of aliphatic hydroxyl groups is 1. The van der Waals surface area contributed by atoms with Gasteiger partial charge in [0.05, 0.1) is 5.60 Å². The van der Waals surface area contributed by atoms with Crippen molar-refractivity contribution in [1.29, 1.82) is 0 Å². The van der Waals surface area contributed by atoms with E-state index in [-0.39, 0.29) is 5.41 Å². The van der Waals surface area contributed by atoms with Crippen LogP contribution < -0.4 is 0 Å². The van der Waals surface area contributed by atoms with Crippen LogP contribution in [-0.4, -0.2) is 15.8 Å². The van der Waals surface area contributed by atoms with Crippen LogP contribution in [0.2, 0.25) is 0 Å². The molecule has 2 N–H and O–H groups in total. The lowest BCUT2D eigenvalue weighted by atomic mass is 9.53. The van der Waals surface area contributed by atoms with Gasteiger partial charge in [-0.1, -0.05) is 25.1 Å². The van der Waals surface area contributed by atoms with E-state index in [2.05, 4.69) is 42.7 Å². The van der Waals surface area contributed by atoms with Crippen LogP contribution in [0.25, 0.3) is 6.08 Å². The summed E-state index contributed by atoms with van der Waals surface area (Å²) in [5, 5.41) is 23.6. The van der Waals surface area contributed by atoms with E-state index < -0.39 is 5.60 Å². The summed E-state index contributed by atoms with van der Waals surface area (Å²) in [6, 6.07) is 10.2. The van der Waals surface area contributed by atoms with Crippen molar-refractivity contribution in [3.05, 3.63) is 57.8 Å². The molecule has 3 aliphatic carbocycles. The van der Waals surface area contributed by atoms with Crippen LogP contribution in [0.3, 0.4) is 0 Å². The molecule has 1 aromatic heterocycles. The van der Waals surface area contributed by atoms with E-state index in [4.69, 9.17) is 0 Å². The highest BCUT2D eigenvalue weighted by Crippen LogP contribution is 2.64. The van der Waals surface area contributed by atoms with Gasteiger partial charge in [0.2, 0.25) is 0 Å². The highest BCUT2D eigenvalue weighted by Gasteiger charge is 2.60. The number of hydrogen-bond acceptors (Lipinski definition) is 3. The summed E-state index contributed by atoms with van der Waals surface area (Å²) in [7, 11) is 0. The van der Waals surface area contributed by atoms with Gasteiger partial charge in [0.15, 0.2) is 0 Å². The van der Waals surface area contributed by atoms with E-state index >= 15 is 0 Å². The number of aromatic hydroxyl groups is 1. The number of aryl methyl sites for hydroxylation is 1. The molecule has 1 aromatic carbocycles. The number of thiophene rings is 1. The van der Waals surface area contributed by atoms with Crippen molar-refractivity contribution in [1.82, 2.24) is 0 Å². The van der Waals surface area contributed by atoms with Gasteiger partial charge in [0, 0.05) is 10.3 Å². The molecule has 5 rings (SSSR count). The van der Waals surface area contributed by atoms with E-state index in [1.807, 2.05) is 12.1 Å². The van der Waals surface area contributed by atoms with Crippen LogP contribution in [0, 0.1) is 17.3 Å². The van der Waals surface area contributed by atoms with Gasteiger partial charge in [-0.05, 0) is 97.1 Å². The van der Waals surface area contributed by atoms with Crippen LogP contribution >= 0.6 is 11.3 Å². The van der Waals surface area contributed by atoms with Gasteiger partial charge in [-0.15, -0.1) is 11.3 Å². The van der Waals surface area contributed by atoms with Gasteiger partial charge in [-0.3, -0.25) is 0 Å². The molecule has 5 atom stereocenters. The van der Waals surface area contributed by atoms with Crippen molar-refractivity contribution in [2.24, 2.45) is 17.3 Å². The van der Waals surface area contributed by atoms with E-state index in [0.717, 1.165) is 32.1 Å². The van der Waals surface area contributed by atoms with Crippen LogP contribution in [0.1, 0.15) is 60.9 Å². The first kappa shape index (κ1) is 17.5. The average Bonchev–Trinajstić information content (AvgIpc) is 3.26.